The number of carboxylic acid groups (broad SMARTS) is 1. The van der Waals surface area contributed by atoms with Gasteiger partial charge in [-0.1, -0.05) is 6.58 Å². The van der Waals surface area contributed by atoms with Gasteiger partial charge >= 0.3 is 0 Å². The fourth-order valence-corrected chi connectivity index (χ4v) is 3.98. The van der Waals surface area contributed by atoms with Gasteiger partial charge in [0.1, 0.15) is 0 Å². The van der Waals surface area contributed by atoms with Gasteiger partial charge in [-0.05, 0) is 68.3 Å². The van der Waals surface area contributed by atoms with Gasteiger partial charge in [0, 0.05) is 0 Å². The van der Waals surface area contributed by atoms with Crippen LogP contribution in [-0.2, 0) is 4.79 Å². The van der Waals surface area contributed by atoms with Crippen LogP contribution in [0.15, 0.2) is 12.7 Å². The molecule has 84 valence electrons. The highest BCUT2D eigenvalue weighted by molar-refractivity contribution is 5.76. The maximum atomic E-state index is 9.14. The fraction of sp³-hybridized carbons (Fsp3) is 0.769. The number of rotatable bonds is 1. The molecule has 0 atom stereocenters. The first-order chi connectivity index (χ1) is 7.17. The third kappa shape index (κ3) is 2.61. The van der Waals surface area contributed by atoms with Crippen LogP contribution in [0.2, 0.25) is 0 Å². The predicted octanol–water partition coefficient (Wildman–Crippen LogP) is 1.75. The minimum atomic E-state index is -1.23. The van der Waals surface area contributed by atoms with Crippen molar-refractivity contribution in [3.8, 4) is 0 Å². The zero-order valence-electron chi connectivity index (χ0n) is 9.15. The van der Waals surface area contributed by atoms with Crippen LogP contribution in [0.5, 0.6) is 0 Å². The van der Waals surface area contributed by atoms with Crippen LogP contribution < -0.4 is 5.11 Å². The second kappa shape index (κ2) is 4.38. The first kappa shape index (κ1) is 10.7. The molecule has 4 bridgehead atoms. The third-order valence-electron chi connectivity index (χ3n) is 4.17. The minimum Gasteiger partial charge on any atom is -0.545 e. The molecule has 0 aromatic carbocycles. The topological polar surface area (TPSA) is 40.1 Å². The number of hydrogen-bond donors (Lipinski definition) is 0. The lowest BCUT2D eigenvalue weighted by Gasteiger charge is -2.49. The Balaban J connectivity index is 0.000000149. The molecule has 0 aromatic heterocycles. The smallest absolute Gasteiger partial charge is 0.0636 e. The van der Waals surface area contributed by atoms with Gasteiger partial charge in [-0.25, -0.2) is 0 Å². The normalized spacial score (nSPS) is 40.5. The van der Waals surface area contributed by atoms with E-state index in [2.05, 4.69) is 6.58 Å². The van der Waals surface area contributed by atoms with E-state index < -0.39 is 5.97 Å². The van der Waals surface area contributed by atoms with Crippen LogP contribution in [0.3, 0.4) is 0 Å². The highest BCUT2D eigenvalue weighted by Crippen LogP contribution is 2.53. The number of hydrogen-bond acceptors (Lipinski definition) is 2. The van der Waals surface area contributed by atoms with Crippen LogP contribution >= 0.6 is 0 Å². The number of aliphatic carboxylic acids is 1. The van der Waals surface area contributed by atoms with E-state index in [-0.39, 0.29) is 0 Å². The van der Waals surface area contributed by atoms with E-state index in [1.54, 1.807) is 38.5 Å². The van der Waals surface area contributed by atoms with E-state index in [1.165, 1.54) is 23.7 Å². The van der Waals surface area contributed by atoms with Gasteiger partial charge in [0.2, 0.25) is 0 Å². The number of carbonyl (C=O) groups excluding carboxylic acids is 1. The highest BCUT2D eigenvalue weighted by atomic mass is 16.4. The summed E-state index contributed by atoms with van der Waals surface area (Å²) in [5.41, 5.74) is 0. The molecular formula is C13H19O2-. The molecule has 4 rings (SSSR count). The minimum absolute atomic E-state index is 0.722. The van der Waals surface area contributed by atoms with Crippen LogP contribution in [0, 0.1) is 23.7 Å². The molecule has 0 aromatic rings. The molecule has 0 spiro atoms. The molecule has 0 radical (unpaired) electrons. The average molecular weight is 207 g/mol. The predicted molar refractivity (Wildman–Crippen MR) is 56.9 cm³/mol. The lowest BCUT2D eigenvalue weighted by molar-refractivity contribution is -0.297. The fourth-order valence-electron chi connectivity index (χ4n) is 3.98. The highest BCUT2D eigenvalue weighted by Gasteiger charge is 2.41. The lowest BCUT2D eigenvalue weighted by atomic mass is 9.56. The maximum Gasteiger partial charge on any atom is 0.0636 e. The van der Waals surface area contributed by atoms with Gasteiger partial charge in [0.15, 0.2) is 0 Å². The van der Waals surface area contributed by atoms with Gasteiger partial charge in [0.05, 0.1) is 5.97 Å². The molecule has 0 amide bonds. The van der Waals surface area contributed by atoms with E-state index in [0.29, 0.717) is 0 Å². The molecule has 0 N–H and O–H groups in total. The van der Waals surface area contributed by atoms with E-state index in [1.807, 2.05) is 0 Å². The standard InChI is InChI=1S/C10H16.C3H4O2/c1-7-2-9-4-8(1)5-10(3-7)6-9;1-2-3(4)5/h7-10H,1-6H2;2H,1H2,(H,4,5)/p-1. The molecule has 0 aliphatic heterocycles. The summed E-state index contributed by atoms with van der Waals surface area (Å²) in [7, 11) is 0. The summed E-state index contributed by atoms with van der Waals surface area (Å²) in [6.07, 6.45) is 10.3. The summed E-state index contributed by atoms with van der Waals surface area (Å²) in [6.45, 7) is 2.90. The third-order valence-corrected chi connectivity index (χ3v) is 4.17. The van der Waals surface area contributed by atoms with Crippen LogP contribution in [0.4, 0.5) is 0 Å². The van der Waals surface area contributed by atoms with Gasteiger partial charge < -0.3 is 9.90 Å². The van der Waals surface area contributed by atoms with Crippen molar-refractivity contribution in [1.82, 2.24) is 0 Å². The zero-order chi connectivity index (χ0) is 10.8. The van der Waals surface area contributed by atoms with Crippen molar-refractivity contribution in [2.75, 3.05) is 0 Å². The summed E-state index contributed by atoms with van der Waals surface area (Å²) in [6, 6.07) is 0. The van der Waals surface area contributed by atoms with Crippen LogP contribution in [0.25, 0.3) is 0 Å². The largest absolute Gasteiger partial charge is 0.545 e. The zero-order valence-corrected chi connectivity index (χ0v) is 9.15. The Kier molecular flexibility index (Phi) is 3.13. The molecule has 4 aliphatic rings. The summed E-state index contributed by atoms with van der Waals surface area (Å²) < 4.78 is 0. The summed E-state index contributed by atoms with van der Waals surface area (Å²) in [4.78, 5) is 9.14. The summed E-state index contributed by atoms with van der Waals surface area (Å²) >= 11 is 0. The van der Waals surface area contributed by atoms with Crippen LogP contribution in [-0.4, -0.2) is 5.97 Å². The Hall–Kier alpha value is -0.790. The Morgan fingerprint density at radius 1 is 0.933 bits per heavy atom. The molecule has 2 heteroatoms. The average Bonchev–Trinajstić information content (AvgIpc) is 2.16. The molecule has 0 unspecified atom stereocenters. The van der Waals surface area contributed by atoms with Gasteiger partial charge in [-0.3, -0.25) is 0 Å². The Labute approximate surface area is 91.4 Å². The lowest BCUT2D eigenvalue weighted by Crippen LogP contribution is -2.38. The van der Waals surface area contributed by atoms with Crippen molar-refractivity contribution in [3.63, 3.8) is 0 Å². The van der Waals surface area contributed by atoms with Crippen molar-refractivity contribution in [2.24, 2.45) is 23.7 Å². The Bertz CT molecular complexity index is 201. The van der Waals surface area contributed by atoms with Crippen molar-refractivity contribution in [1.29, 1.82) is 0 Å². The first-order valence-electron chi connectivity index (χ1n) is 6.00. The monoisotopic (exact) mass is 207 g/mol. The van der Waals surface area contributed by atoms with Gasteiger partial charge in [0.25, 0.3) is 0 Å². The van der Waals surface area contributed by atoms with Crippen molar-refractivity contribution >= 4 is 5.97 Å². The molecule has 2 nitrogen and oxygen atoms in total. The maximum absolute atomic E-state index is 9.14. The number of carbonyl (C=O) groups is 1. The van der Waals surface area contributed by atoms with Crippen molar-refractivity contribution < 1.29 is 9.90 Å². The van der Waals surface area contributed by atoms with E-state index >= 15 is 0 Å². The second-order valence-corrected chi connectivity index (χ2v) is 5.40. The van der Waals surface area contributed by atoms with E-state index in [9.17, 15) is 0 Å². The van der Waals surface area contributed by atoms with Gasteiger partial charge in [-0.15, -0.1) is 0 Å². The quantitative estimate of drug-likeness (QED) is 0.615. The van der Waals surface area contributed by atoms with Gasteiger partial charge in [-0.2, -0.15) is 0 Å². The molecule has 4 saturated carbocycles. The molecule has 4 fully saturated rings. The van der Waals surface area contributed by atoms with Crippen LogP contribution in [0.1, 0.15) is 38.5 Å². The van der Waals surface area contributed by atoms with E-state index in [4.69, 9.17) is 9.90 Å². The molecule has 0 saturated heterocycles. The summed E-state index contributed by atoms with van der Waals surface area (Å²) in [5, 5.41) is 9.14. The Morgan fingerprint density at radius 3 is 1.27 bits per heavy atom. The SMILES string of the molecule is C1C2CC3CC1CC(C2)C3.C=CC(=O)[O-]. The molecular weight excluding hydrogens is 188 g/mol. The molecule has 4 aliphatic carbocycles. The second-order valence-electron chi connectivity index (χ2n) is 5.40. The first-order valence-corrected chi connectivity index (χ1v) is 6.00. The number of carboxylic acids is 1. The molecule has 15 heavy (non-hydrogen) atoms. The van der Waals surface area contributed by atoms with E-state index in [0.717, 1.165) is 6.08 Å². The van der Waals surface area contributed by atoms with Crippen molar-refractivity contribution in [2.45, 2.75) is 38.5 Å². The summed E-state index contributed by atoms with van der Waals surface area (Å²) in [5.74, 6) is 3.48. The van der Waals surface area contributed by atoms with Crippen molar-refractivity contribution in [3.05, 3.63) is 12.7 Å². The molecule has 0 heterocycles. The Morgan fingerprint density at radius 2 is 1.13 bits per heavy atom.